The van der Waals surface area contributed by atoms with E-state index in [1.807, 2.05) is 18.2 Å². The van der Waals surface area contributed by atoms with Crippen LogP contribution in [-0.4, -0.2) is 60.9 Å². The molecule has 0 spiro atoms. The molecule has 0 radical (unpaired) electrons. The number of hydrogen-bond donors (Lipinski definition) is 1. The molecule has 1 N–H and O–H groups in total. The van der Waals surface area contributed by atoms with Gasteiger partial charge in [-0.05, 0) is 73.6 Å². The molecule has 2 amide bonds. The smallest absolute Gasteiger partial charge is 0.245 e. The predicted octanol–water partition coefficient (Wildman–Crippen LogP) is 5.16. The van der Waals surface area contributed by atoms with Crippen LogP contribution in [0.15, 0.2) is 60.7 Å². The van der Waals surface area contributed by atoms with Crippen molar-refractivity contribution < 1.29 is 18.8 Å². The summed E-state index contributed by atoms with van der Waals surface area (Å²) in [6.07, 6.45) is 4.80. The number of aryl methyl sites for hydroxylation is 1. The molecule has 3 atom stereocenters. The van der Waals surface area contributed by atoms with Crippen molar-refractivity contribution in [3.8, 4) is 11.1 Å². The summed E-state index contributed by atoms with van der Waals surface area (Å²) >= 11 is 6.03. The maximum Gasteiger partial charge on any atom is 0.245 e. The lowest BCUT2D eigenvalue weighted by Gasteiger charge is -2.27. The van der Waals surface area contributed by atoms with Gasteiger partial charge in [0.15, 0.2) is 5.78 Å². The minimum atomic E-state index is -0.697. The molecule has 3 heterocycles. The van der Waals surface area contributed by atoms with Crippen LogP contribution in [0.3, 0.4) is 0 Å². The van der Waals surface area contributed by atoms with E-state index in [9.17, 15) is 18.8 Å². The van der Waals surface area contributed by atoms with E-state index in [0.717, 1.165) is 17.5 Å². The molecule has 11 heteroatoms. The Balaban J connectivity index is 1.20. The van der Waals surface area contributed by atoms with Gasteiger partial charge in [-0.1, -0.05) is 29.8 Å². The van der Waals surface area contributed by atoms with Crippen LogP contribution in [0, 0.1) is 12.8 Å². The molecule has 4 aromatic rings. The SMILES string of the molecule is CC(=O)c1nn(CC(=O)N2[C@@H]3C[C@@H]3C[C@H]2C(=O)NCC(F)=C(C)c2cccc(Cl)c2)c2ccc(-c3cnc(C)nc3)cc12. The number of halogens is 2. The molecule has 220 valence electrons. The minimum Gasteiger partial charge on any atom is -0.348 e. The van der Waals surface area contributed by atoms with Crippen LogP contribution in [-0.2, 0) is 16.1 Å². The number of carbonyl (C=O) groups is 3. The summed E-state index contributed by atoms with van der Waals surface area (Å²) < 4.78 is 16.5. The second kappa shape index (κ2) is 11.3. The van der Waals surface area contributed by atoms with Crippen molar-refractivity contribution in [3.05, 3.63) is 82.8 Å². The molecular formula is C32H30ClFN6O3. The first-order valence-corrected chi connectivity index (χ1v) is 14.5. The first kappa shape index (κ1) is 28.7. The number of likely N-dealkylation sites (tertiary alicyclic amines) is 1. The summed E-state index contributed by atoms with van der Waals surface area (Å²) in [4.78, 5) is 49.5. The fraction of sp³-hybridized carbons (Fsp3) is 0.312. The van der Waals surface area contributed by atoms with Crippen molar-refractivity contribution in [3.63, 3.8) is 0 Å². The van der Waals surface area contributed by atoms with Gasteiger partial charge in [0.1, 0.15) is 29.9 Å². The summed E-state index contributed by atoms with van der Waals surface area (Å²) in [5, 5.41) is 8.29. The Morgan fingerprint density at radius 3 is 2.53 bits per heavy atom. The van der Waals surface area contributed by atoms with Crippen LogP contribution in [0.1, 0.15) is 48.6 Å². The molecule has 2 aromatic heterocycles. The lowest BCUT2D eigenvalue weighted by Crippen LogP contribution is -2.49. The van der Waals surface area contributed by atoms with Gasteiger partial charge < -0.3 is 10.2 Å². The molecule has 0 bridgehead atoms. The summed E-state index contributed by atoms with van der Waals surface area (Å²) in [6.45, 7) is 4.46. The topological polar surface area (TPSA) is 110 Å². The fourth-order valence-electron chi connectivity index (χ4n) is 5.83. The maximum atomic E-state index is 15.0. The summed E-state index contributed by atoms with van der Waals surface area (Å²) in [5.41, 5.74) is 3.53. The number of hydrogen-bond acceptors (Lipinski definition) is 6. The lowest BCUT2D eigenvalue weighted by molar-refractivity contribution is -0.140. The fourth-order valence-corrected chi connectivity index (χ4v) is 6.02. The van der Waals surface area contributed by atoms with Gasteiger partial charge >= 0.3 is 0 Å². The monoisotopic (exact) mass is 600 g/mol. The van der Waals surface area contributed by atoms with Crippen molar-refractivity contribution >= 4 is 45.7 Å². The van der Waals surface area contributed by atoms with Crippen molar-refractivity contribution in [1.29, 1.82) is 0 Å². The zero-order valence-electron chi connectivity index (χ0n) is 24.0. The van der Waals surface area contributed by atoms with Crippen LogP contribution in [0.25, 0.3) is 27.6 Å². The number of nitrogens with one attached hydrogen (secondary N) is 1. The first-order chi connectivity index (χ1) is 20.6. The number of piperidine rings is 1. The molecule has 1 aliphatic heterocycles. The summed E-state index contributed by atoms with van der Waals surface area (Å²) in [6, 6.07) is 11.7. The van der Waals surface area contributed by atoms with Crippen molar-refractivity contribution in [1.82, 2.24) is 30.0 Å². The van der Waals surface area contributed by atoms with Gasteiger partial charge in [-0.2, -0.15) is 5.10 Å². The number of carbonyl (C=O) groups excluding carboxylic acids is 3. The quantitative estimate of drug-likeness (QED) is 0.280. The number of nitrogens with zero attached hydrogens (tertiary/aromatic N) is 5. The van der Waals surface area contributed by atoms with Gasteiger partial charge in [0.2, 0.25) is 11.8 Å². The van der Waals surface area contributed by atoms with Crippen LogP contribution >= 0.6 is 11.6 Å². The van der Waals surface area contributed by atoms with Crippen LogP contribution in [0.5, 0.6) is 0 Å². The molecule has 0 unspecified atom stereocenters. The number of ketones is 1. The normalized spacial score (nSPS) is 19.7. The molecule has 1 aliphatic carbocycles. The van der Waals surface area contributed by atoms with E-state index in [0.29, 0.717) is 39.3 Å². The Hall–Kier alpha value is -4.44. The molecule has 1 saturated heterocycles. The highest BCUT2D eigenvalue weighted by Crippen LogP contribution is 2.48. The number of fused-ring (bicyclic) bond motifs is 2. The van der Waals surface area contributed by atoms with Crippen molar-refractivity contribution in [2.24, 2.45) is 5.92 Å². The number of rotatable bonds is 8. The number of amides is 2. The Bertz CT molecular complexity index is 1800. The Labute approximate surface area is 252 Å². The zero-order chi connectivity index (χ0) is 30.4. The Morgan fingerprint density at radius 2 is 1.81 bits per heavy atom. The zero-order valence-corrected chi connectivity index (χ0v) is 24.7. The third kappa shape index (κ3) is 5.67. The first-order valence-electron chi connectivity index (χ1n) is 14.1. The highest BCUT2D eigenvalue weighted by molar-refractivity contribution is 6.30. The average Bonchev–Trinajstić information content (AvgIpc) is 3.50. The van der Waals surface area contributed by atoms with E-state index in [-0.39, 0.29) is 42.4 Å². The van der Waals surface area contributed by atoms with E-state index >= 15 is 0 Å². The second-order valence-corrected chi connectivity index (χ2v) is 11.6. The van der Waals surface area contributed by atoms with Crippen LogP contribution in [0.2, 0.25) is 5.02 Å². The second-order valence-electron chi connectivity index (χ2n) is 11.2. The highest BCUT2D eigenvalue weighted by Gasteiger charge is 2.56. The van der Waals surface area contributed by atoms with E-state index in [1.54, 1.807) is 55.4 Å². The molecule has 2 fully saturated rings. The lowest BCUT2D eigenvalue weighted by atomic mass is 10.0. The minimum absolute atomic E-state index is 0.0286. The molecule has 2 aromatic carbocycles. The van der Waals surface area contributed by atoms with Gasteiger partial charge in [0.25, 0.3) is 0 Å². The Kier molecular flexibility index (Phi) is 7.56. The van der Waals surface area contributed by atoms with Crippen LogP contribution < -0.4 is 5.32 Å². The summed E-state index contributed by atoms with van der Waals surface area (Å²) in [7, 11) is 0. The Morgan fingerprint density at radius 1 is 1.05 bits per heavy atom. The van der Waals surface area contributed by atoms with Gasteiger partial charge in [-0.25, -0.2) is 14.4 Å². The predicted molar refractivity (Wildman–Crippen MR) is 161 cm³/mol. The average molecular weight is 601 g/mol. The van der Waals surface area contributed by atoms with Crippen molar-refractivity contribution in [2.45, 2.75) is 52.2 Å². The maximum absolute atomic E-state index is 15.0. The van der Waals surface area contributed by atoms with Crippen LogP contribution in [0.4, 0.5) is 4.39 Å². The highest BCUT2D eigenvalue weighted by atomic mass is 35.5. The molecule has 2 aliphatic rings. The number of benzene rings is 2. The van der Waals surface area contributed by atoms with E-state index in [1.165, 1.54) is 11.6 Å². The number of allylic oxidation sites excluding steroid dienone is 1. The largest absolute Gasteiger partial charge is 0.348 e. The van der Waals surface area contributed by atoms with Crippen molar-refractivity contribution in [2.75, 3.05) is 6.54 Å². The molecule has 43 heavy (non-hydrogen) atoms. The number of aromatic nitrogens is 4. The third-order valence-corrected chi connectivity index (χ3v) is 8.50. The molecule has 9 nitrogen and oxygen atoms in total. The summed E-state index contributed by atoms with van der Waals surface area (Å²) in [5.74, 6) is -0.470. The van der Waals surface area contributed by atoms with E-state index in [4.69, 9.17) is 11.6 Å². The van der Waals surface area contributed by atoms with E-state index < -0.39 is 17.8 Å². The van der Waals surface area contributed by atoms with Gasteiger partial charge in [0, 0.05) is 41.3 Å². The molecule has 6 rings (SSSR count). The number of Topliss-reactive ketones (excluding diaryl/α,β-unsaturated/α-hetero) is 1. The molecular weight excluding hydrogens is 571 g/mol. The standard InChI is InChI=1S/C32H30ClFN6O3/c1-17(20-5-4-6-24(33)9-20)26(34)15-37-32(43)29-12-22-11-28(22)40(29)30(42)16-39-27-8-7-21(23-13-35-19(3)36-14-23)10-25(27)31(38-39)18(2)41/h4-10,13-14,22,28-29H,11-12,15-16H2,1-3H3,(H,37,43)/t22-,28-,29+/m1/s1. The van der Waals surface area contributed by atoms with Gasteiger partial charge in [-0.3, -0.25) is 19.1 Å². The molecule has 1 saturated carbocycles. The van der Waals surface area contributed by atoms with Gasteiger partial charge in [-0.15, -0.1) is 0 Å². The third-order valence-electron chi connectivity index (χ3n) is 8.26. The van der Waals surface area contributed by atoms with E-state index in [2.05, 4.69) is 20.4 Å². The van der Waals surface area contributed by atoms with Gasteiger partial charge in [0.05, 0.1) is 12.1 Å².